The van der Waals surface area contributed by atoms with Gasteiger partial charge in [0, 0.05) is 31.9 Å². The summed E-state index contributed by atoms with van der Waals surface area (Å²) in [5, 5.41) is 32.1. The smallest absolute Gasteiger partial charge is 0.309 e. The third-order valence-corrected chi connectivity index (χ3v) is 6.07. The lowest BCUT2D eigenvalue weighted by Gasteiger charge is -2.51. The van der Waals surface area contributed by atoms with Crippen molar-refractivity contribution in [1.82, 2.24) is 0 Å². The normalized spacial score (nSPS) is 20.9. The van der Waals surface area contributed by atoms with Crippen molar-refractivity contribution in [3.8, 4) is 11.1 Å². The molecule has 8 nitrogen and oxygen atoms in total. The van der Waals surface area contributed by atoms with Gasteiger partial charge in [-0.3, -0.25) is 14.9 Å². The van der Waals surface area contributed by atoms with Gasteiger partial charge in [-0.25, -0.2) is 0 Å². The third-order valence-electron chi connectivity index (χ3n) is 6.07. The molecule has 0 bridgehead atoms. The SMILES string of the molecule is CCC(C(=O)O)C1(O)CCc2cc(-c3ccc([N+](=O)[O-])cc3)ccc2C1(OC)OC. The number of hydrogen-bond acceptors (Lipinski definition) is 6. The molecule has 0 amide bonds. The summed E-state index contributed by atoms with van der Waals surface area (Å²) in [5.41, 5.74) is 1.35. The molecule has 160 valence electrons. The highest BCUT2D eigenvalue weighted by molar-refractivity contribution is 5.72. The third kappa shape index (κ3) is 3.27. The molecule has 2 aromatic rings. The maximum atomic E-state index is 11.9. The molecule has 8 heteroatoms. The fourth-order valence-electron chi connectivity index (χ4n) is 4.58. The number of aliphatic carboxylic acids is 1. The number of hydrogen-bond donors (Lipinski definition) is 2. The molecule has 0 heterocycles. The van der Waals surface area contributed by atoms with Crippen LogP contribution in [0.2, 0.25) is 0 Å². The molecule has 30 heavy (non-hydrogen) atoms. The fourth-order valence-corrected chi connectivity index (χ4v) is 4.58. The van der Waals surface area contributed by atoms with E-state index < -0.39 is 28.2 Å². The van der Waals surface area contributed by atoms with Gasteiger partial charge in [-0.05, 0) is 48.1 Å². The van der Waals surface area contributed by atoms with Gasteiger partial charge in [0.2, 0.25) is 5.79 Å². The molecule has 0 saturated carbocycles. The molecule has 1 aliphatic rings. The Kier molecular flexibility index (Phi) is 5.94. The van der Waals surface area contributed by atoms with Gasteiger partial charge in [-0.2, -0.15) is 0 Å². The number of non-ortho nitro benzene ring substituents is 1. The van der Waals surface area contributed by atoms with Gasteiger partial charge >= 0.3 is 5.97 Å². The number of ether oxygens (including phenoxy) is 2. The van der Waals surface area contributed by atoms with Crippen LogP contribution in [-0.2, 0) is 26.5 Å². The van der Waals surface area contributed by atoms with E-state index in [0.717, 1.165) is 16.7 Å². The van der Waals surface area contributed by atoms with Crippen LogP contribution in [0.25, 0.3) is 11.1 Å². The second-order valence-corrected chi connectivity index (χ2v) is 7.42. The van der Waals surface area contributed by atoms with Crippen molar-refractivity contribution in [3.05, 3.63) is 63.7 Å². The highest BCUT2D eigenvalue weighted by atomic mass is 16.7. The van der Waals surface area contributed by atoms with Gasteiger partial charge in [0.05, 0.1) is 10.8 Å². The fraction of sp³-hybridized carbons (Fsp3) is 0.409. The Labute approximate surface area is 174 Å². The predicted molar refractivity (Wildman–Crippen MR) is 109 cm³/mol. The first-order valence-corrected chi connectivity index (χ1v) is 9.67. The van der Waals surface area contributed by atoms with Crippen LogP contribution < -0.4 is 0 Å². The number of nitro groups is 1. The minimum atomic E-state index is -1.75. The summed E-state index contributed by atoms with van der Waals surface area (Å²) in [7, 11) is 2.78. The highest BCUT2D eigenvalue weighted by Crippen LogP contribution is 2.50. The van der Waals surface area contributed by atoms with Gasteiger partial charge in [-0.1, -0.05) is 25.1 Å². The number of nitro benzene ring substituents is 1. The van der Waals surface area contributed by atoms with Crippen molar-refractivity contribution in [1.29, 1.82) is 0 Å². The summed E-state index contributed by atoms with van der Waals surface area (Å²) in [6.45, 7) is 1.71. The van der Waals surface area contributed by atoms with E-state index in [-0.39, 0.29) is 18.5 Å². The minimum absolute atomic E-state index is 0.0128. The zero-order valence-electron chi connectivity index (χ0n) is 17.1. The summed E-state index contributed by atoms with van der Waals surface area (Å²) in [4.78, 5) is 22.3. The van der Waals surface area contributed by atoms with Crippen molar-refractivity contribution < 1.29 is 29.4 Å². The zero-order valence-corrected chi connectivity index (χ0v) is 17.1. The molecule has 3 rings (SSSR count). The monoisotopic (exact) mass is 415 g/mol. The molecule has 0 aliphatic heterocycles. The van der Waals surface area contributed by atoms with Crippen LogP contribution in [0.3, 0.4) is 0 Å². The predicted octanol–water partition coefficient (Wildman–Crippen LogP) is 3.50. The lowest BCUT2D eigenvalue weighted by atomic mass is 9.67. The Balaban J connectivity index is 2.09. The van der Waals surface area contributed by atoms with Crippen molar-refractivity contribution in [2.24, 2.45) is 5.92 Å². The number of aliphatic hydroxyl groups is 1. The lowest BCUT2D eigenvalue weighted by molar-refractivity contribution is -0.384. The van der Waals surface area contributed by atoms with Crippen LogP contribution in [0, 0.1) is 16.0 Å². The van der Waals surface area contributed by atoms with Crippen molar-refractivity contribution >= 4 is 11.7 Å². The second-order valence-electron chi connectivity index (χ2n) is 7.42. The summed E-state index contributed by atoms with van der Waals surface area (Å²) in [6, 6.07) is 11.7. The van der Waals surface area contributed by atoms with E-state index in [9.17, 15) is 25.1 Å². The van der Waals surface area contributed by atoms with E-state index in [0.29, 0.717) is 12.0 Å². The number of aryl methyl sites for hydroxylation is 1. The van der Waals surface area contributed by atoms with Crippen molar-refractivity contribution in [3.63, 3.8) is 0 Å². The molecule has 2 N–H and O–H groups in total. The number of rotatable bonds is 7. The van der Waals surface area contributed by atoms with Gasteiger partial charge in [0.25, 0.3) is 5.69 Å². The molecule has 2 unspecified atom stereocenters. The Bertz CT molecular complexity index is 952. The van der Waals surface area contributed by atoms with Crippen LogP contribution in [0.5, 0.6) is 0 Å². The Morgan fingerprint density at radius 3 is 2.27 bits per heavy atom. The molecule has 0 spiro atoms. The minimum Gasteiger partial charge on any atom is -0.481 e. The molecule has 0 saturated heterocycles. The van der Waals surface area contributed by atoms with Gasteiger partial charge in [-0.15, -0.1) is 0 Å². The number of carbonyl (C=O) groups is 1. The van der Waals surface area contributed by atoms with Crippen LogP contribution in [0.1, 0.15) is 30.9 Å². The van der Waals surface area contributed by atoms with E-state index >= 15 is 0 Å². The summed E-state index contributed by atoms with van der Waals surface area (Å²) < 4.78 is 11.4. The first-order chi connectivity index (χ1) is 14.2. The Morgan fingerprint density at radius 2 is 1.77 bits per heavy atom. The first kappa shape index (κ1) is 21.9. The Hall–Kier alpha value is -2.81. The van der Waals surface area contributed by atoms with E-state index in [4.69, 9.17) is 9.47 Å². The highest BCUT2D eigenvalue weighted by Gasteiger charge is 2.61. The Morgan fingerprint density at radius 1 is 1.17 bits per heavy atom. The van der Waals surface area contributed by atoms with E-state index in [1.165, 1.54) is 26.4 Å². The standard InChI is InChI=1S/C22H25NO7/c1-4-18(20(24)25)21(26)12-11-16-13-15(7-10-19(16)22(21,29-2)30-3)14-5-8-17(9-6-14)23(27)28/h5-10,13,18,26H,4,11-12H2,1-3H3,(H,24,25). The van der Waals surface area contributed by atoms with Crippen molar-refractivity contribution in [2.75, 3.05) is 14.2 Å². The molecule has 2 aromatic carbocycles. The number of nitrogens with zero attached hydrogens (tertiary/aromatic N) is 1. The number of methoxy groups -OCH3 is 2. The van der Waals surface area contributed by atoms with Crippen LogP contribution in [0.15, 0.2) is 42.5 Å². The molecular formula is C22H25NO7. The van der Waals surface area contributed by atoms with Crippen LogP contribution in [-0.4, -0.2) is 40.9 Å². The zero-order chi connectivity index (χ0) is 22.1. The average molecular weight is 415 g/mol. The lowest BCUT2D eigenvalue weighted by Crippen LogP contribution is -2.62. The topological polar surface area (TPSA) is 119 Å². The van der Waals surface area contributed by atoms with Gasteiger partial charge < -0.3 is 19.7 Å². The number of benzene rings is 2. The molecule has 0 aromatic heterocycles. The van der Waals surface area contributed by atoms with Crippen molar-refractivity contribution in [2.45, 2.75) is 37.6 Å². The molecular weight excluding hydrogens is 390 g/mol. The molecule has 2 atom stereocenters. The summed E-state index contributed by atoms with van der Waals surface area (Å²) in [5.74, 6) is -3.81. The van der Waals surface area contributed by atoms with E-state index in [1.807, 2.05) is 6.07 Å². The second kappa shape index (κ2) is 8.14. The quantitative estimate of drug-likeness (QED) is 0.403. The van der Waals surface area contributed by atoms with Crippen LogP contribution in [0.4, 0.5) is 5.69 Å². The maximum Gasteiger partial charge on any atom is 0.309 e. The first-order valence-electron chi connectivity index (χ1n) is 9.67. The largest absolute Gasteiger partial charge is 0.481 e. The van der Waals surface area contributed by atoms with E-state index in [2.05, 4.69) is 0 Å². The summed E-state index contributed by atoms with van der Waals surface area (Å²) in [6.07, 6.45) is 0.803. The van der Waals surface area contributed by atoms with Gasteiger partial charge in [0.15, 0.2) is 0 Å². The van der Waals surface area contributed by atoms with E-state index in [1.54, 1.807) is 31.2 Å². The summed E-state index contributed by atoms with van der Waals surface area (Å²) >= 11 is 0. The average Bonchev–Trinajstić information content (AvgIpc) is 2.74. The molecule has 0 fully saturated rings. The molecule has 1 aliphatic carbocycles. The number of carboxylic acid groups (broad SMARTS) is 1. The van der Waals surface area contributed by atoms with Crippen LogP contribution >= 0.6 is 0 Å². The maximum absolute atomic E-state index is 11.9. The number of fused-ring (bicyclic) bond motifs is 1. The number of carboxylic acids is 1. The van der Waals surface area contributed by atoms with Gasteiger partial charge in [0.1, 0.15) is 5.60 Å². The molecule has 0 radical (unpaired) electrons.